The number of aryl methyl sites for hydroxylation is 2. The summed E-state index contributed by atoms with van der Waals surface area (Å²) < 4.78 is 5.62. The van der Waals surface area contributed by atoms with Crippen molar-refractivity contribution in [2.45, 2.75) is 39.7 Å². The Hall–Kier alpha value is -1.39. The molecule has 1 aromatic heterocycles. The normalized spacial score (nSPS) is 14.8. The molecule has 21 heavy (non-hydrogen) atoms. The molecular weight excluding hydrogens is 280 g/mol. The summed E-state index contributed by atoms with van der Waals surface area (Å²) in [7, 11) is 0. The highest BCUT2D eigenvalue weighted by Gasteiger charge is 2.21. The Kier molecular flexibility index (Phi) is 4.27. The van der Waals surface area contributed by atoms with Crippen LogP contribution in [0.2, 0.25) is 0 Å². The lowest BCUT2D eigenvalue weighted by Crippen LogP contribution is -2.23. The summed E-state index contributed by atoms with van der Waals surface area (Å²) >= 11 is 1.80. The molecule has 1 N–H and O–H groups in total. The van der Waals surface area contributed by atoms with E-state index in [9.17, 15) is 0 Å². The summed E-state index contributed by atoms with van der Waals surface area (Å²) in [6.07, 6.45) is 2.14. The molecule has 0 spiro atoms. The Morgan fingerprint density at radius 2 is 2.24 bits per heavy atom. The molecule has 1 unspecified atom stereocenters. The van der Waals surface area contributed by atoms with E-state index in [2.05, 4.69) is 49.3 Å². The number of nitrogens with zero attached hydrogens (tertiary/aromatic N) is 1. The molecule has 3 nitrogen and oxygen atoms in total. The lowest BCUT2D eigenvalue weighted by Gasteiger charge is -2.19. The minimum atomic E-state index is 0.238. The van der Waals surface area contributed by atoms with Crippen molar-refractivity contribution in [1.29, 1.82) is 0 Å². The van der Waals surface area contributed by atoms with Gasteiger partial charge in [-0.05, 0) is 44.0 Å². The quantitative estimate of drug-likeness (QED) is 0.912. The Labute approximate surface area is 130 Å². The van der Waals surface area contributed by atoms with Crippen LogP contribution in [0.5, 0.6) is 5.75 Å². The molecule has 3 rings (SSSR count). The van der Waals surface area contributed by atoms with Gasteiger partial charge in [-0.15, -0.1) is 11.3 Å². The van der Waals surface area contributed by atoms with Crippen molar-refractivity contribution in [3.63, 3.8) is 0 Å². The van der Waals surface area contributed by atoms with Gasteiger partial charge in [0.25, 0.3) is 0 Å². The smallest absolute Gasteiger partial charge is 0.122 e. The van der Waals surface area contributed by atoms with Crippen LogP contribution in [0.25, 0.3) is 0 Å². The monoisotopic (exact) mass is 302 g/mol. The van der Waals surface area contributed by atoms with Crippen LogP contribution >= 0.6 is 11.3 Å². The van der Waals surface area contributed by atoms with Gasteiger partial charge >= 0.3 is 0 Å². The molecule has 0 bridgehead atoms. The zero-order valence-electron chi connectivity index (χ0n) is 12.9. The average Bonchev–Trinajstić information content (AvgIpc) is 3.05. The summed E-state index contributed by atoms with van der Waals surface area (Å²) in [5.41, 5.74) is 3.79. The number of benzene rings is 1. The SMILES string of the molecule is CCCNC(c1ccc2c(c1)CCO2)c1sc(C)nc1C. The van der Waals surface area contributed by atoms with Crippen LogP contribution in [0, 0.1) is 13.8 Å². The highest BCUT2D eigenvalue weighted by molar-refractivity contribution is 7.11. The highest BCUT2D eigenvalue weighted by Crippen LogP contribution is 2.34. The molecule has 0 amide bonds. The summed E-state index contributed by atoms with van der Waals surface area (Å²) in [5.74, 6) is 1.05. The van der Waals surface area contributed by atoms with Gasteiger partial charge in [-0.25, -0.2) is 4.98 Å². The maximum atomic E-state index is 5.62. The molecule has 4 heteroatoms. The first kappa shape index (κ1) is 14.5. The van der Waals surface area contributed by atoms with Gasteiger partial charge in [0.1, 0.15) is 5.75 Å². The molecule has 0 saturated heterocycles. The van der Waals surface area contributed by atoms with Crippen molar-refractivity contribution in [3.8, 4) is 5.75 Å². The van der Waals surface area contributed by atoms with Crippen LogP contribution in [0.4, 0.5) is 0 Å². The van der Waals surface area contributed by atoms with E-state index in [-0.39, 0.29) is 6.04 Å². The first-order valence-corrected chi connectivity index (χ1v) is 8.43. The van der Waals surface area contributed by atoms with E-state index in [0.29, 0.717) is 0 Å². The molecule has 0 radical (unpaired) electrons. The van der Waals surface area contributed by atoms with Crippen LogP contribution < -0.4 is 10.1 Å². The Morgan fingerprint density at radius 1 is 1.38 bits per heavy atom. The van der Waals surface area contributed by atoms with E-state index >= 15 is 0 Å². The summed E-state index contributed by atoms with van der Waals surface area (Å²) in [6.45, 7) is 8.20. The van der Waals surface area contributed by atoms with Crippen LogP contribution in [-0.4, -0.2) is 18.1 Å². The number of thiazole rings is 1. The van der Waals surface area contributed by atoms with E-state index in [1.165, 1.54) is 16.0 Å². The highest BCUT2D eigenvalue weighted by atomic mass is 32.1. The number of hydrogen-bond donors (Lipinski definition) is 1. The van der Waals surface area contributed by atoms with Crippen LogP contribution in [0.3, 0.4) is 0 Å². The van der Waals surface area contributed by atoms with Gasteiger partial charge < -0.3 is 10.1 Å². The largest absolute Gasteiger partial charge is 0.493 e. The van der Waals surface area contributed by atoms with Crippen molar-refractivity contribution in [1.82, 2.24) is 10.3 Å². The zero-order valence-corrected chi connectivity index (χ0v) is 13.7. The van der Waals surface area contributed by atoms with E-state index < -0.39 is 0 Å². The maximum Gasteiger partial charge on any atom is 0.122 e. The van der Waals surface area contributed by atoms with Crippen LogP contribution in [-0.2, 0) is 6.42 Å². The first-order valence-electron chi connectivity index (χ1n) is 7.62. The molecule has 0 aliphatic carbocycles. The Bertz CT molecular complexity index is 636. The third-order valence-corrected chi connectivity index (χ3v) is 4.98. The fourth-order valence-corrected chi connectivity index (χ4v) is 3.88. The van der Waals surface area contributed by atoms with Crippen molar-refractivity contribution in [3.05, 3.63) is 44.9 Å². The Morgan fingerprint density at radius 3 is 2.95 bits per heavy atom. The summed E-state index contributed by atoms with van der Waals surface area (Å²) in [5, 5.41) is 4.81. The van der Waals surface area contributed by atoms with Crippen molar-refractivity contribution in [2.75, 3.05) is 13.2 Å². The van der Waals surface area contributed by atoms with E-state index in [1.54, 1.807) is 11.3 Å². The van der Waals surface area contributed by atoms with E-state index in [0.717, 1.165) is 42.4 Å². The average molecular weight is 302 g/mol. The predicted molar refractivity (Wildman–Crippen MR) is 87.4 cm³/mol. The van der Waals surface area contributed by atoms with Gasteiger partial charge in [-0.2, -0.15) is 0 Å². The van der Waals surface area contributed by atoms with Crippen molar-refractivity contribution in [2.24, 2.45) is 0 Å². The number of fused-ring (bicyclic) bond motifs is 1. The second kappa shape index (κ2) is 6.16. The van der Waals surface area contributed by atoms with E-state index in [4.69, 9.17) is 4.74 Å². The number of rotatable bonds is 5. The van der Waals surface area contributed by atoms with Gasteiger partial charge in [-0.3, -0.25) is 0 Å². The lowest BCUT2D eigenvalue weighted by atomic mass is 10.0. The third-order valence-electron chi connectivity index (χ3n) is 3.85. The van der Waals surface area contributed by atoms with Crippen molar-refractivity contribution < 1.29 is 4.74 Å². The minimum absolute atomic E-state index is 0.238. The van der Waals surface area contributed by atoms with Crippen molar-refractivity contribution >= 4 is 11.3 Å². The fraction of sp³-hybridized carbons (Fsp3) is 0.471. The second-order valence-corrected chi connectivity index (χ2v) is 6.77. The zero-order chi connectivity index (χ0) is 14.8. The number of hydrogen-bond acceptors (Lipinski definition) is 4. The van der Waals surface area contributed by atoms with E-state index in [1.807, 2.05) is 0 Å². The lowest BCUT2D eigenvalue weighted by molar-refractivity contribution is 0.357. The predicted octanol–water partition coefficient (Wildman–Crippen LogP) is 3.78. The molecule has 2 aromatic rings. The molecule has 112 valence electrons. The Balaban J connectivity index is 1.97. The topological polar surface area (TPSA) is 34.1 Å². The molecule has 2 heterocycles. The second-order valence-electron chi connectivity index (χ2n) is 5.54. The molecule has 1 aliphatic heterocycles. The molecule has 1 aromatic carbocycles. The summed E-state index contributed by atoms with van der Waals surface area (Å²) in [6, 6.07) is 6.83. The molecule has 0 fully saturated rings. The van der Waals surface area contributed by atoms with Gasteiger partial charge in [0.15, 0.2) is 0 Å². The molecule has 1 aliphatic rings. The van der Waals surface area contributed by atoms with Crippen LogP contribution in [0.1, 0.15) is 46.1 Å². The van der Waals surface area contributed by atoms with Crippen LogP contribution in [0.15, 0.2) is 18.2 Å². The maximum absolute atomic E-state index is 5.62. The first-order chi connectivity index (χ1) is 10.2. The summed E-state index contributed by atoms with van der Waals surface area (Å²) in [4.78, 5) is 5.93. The van der Waals surface area contributed by atoms with Gasteiger partial charge in [0.05, 0.1) is 23.4 Å². The fourth-order valence-electron chi connectivity index (χ4n) is 2.85. The third kappa shape index (κ3) is 2.97. The molecular formula is C17H22N2OS. The standard InChI is InChI=1S/C17H22N2OS/c1-4-8-18-16(17-11(2)19-12(3)21-17)14-5-6-15-13(10-14)7-9-20-15/h5-6,10,16,18H,4,7-9H2,1-3H3. The van der Waals surface area contributed by atoms with Gasteiger partial charge in [0, 0.05) is 11.3 Å². The minimum Gasteiger partial charge on any atom is -0.493 e. The molecule has 1 atom stereocenters. The van der Waals surface area contributed by atoms with Gasteiger partial charge in [0.2, 0.25) is 0 Å². The number of aromatic nitrogens is 1. The molecule has 0 saturated carbocycles. The number of ether oxygens (including phenoxy) is 1. The number of nitrogens with one attached hydrogen (secondary N) is 1. The van der Waals surface area contributed by atoms with Gasteiger partial charge in [-0.1, -0.05) is 19.1 Å².